The monoisotopic (exact) mass is 447 g/mol. The van der Waals surface area contributed by atoms with Gasteiger partial charge in [0.25, 0.3) is 5.82 Å². The minimum atomic E-state index is -0.283. The van der Waals surface area contributed by atoms with E-state index < -0.39 is 0 Å². The number of rotatable bonds is 5. The number of hydrogen-bond acceptors (Lipinski definition) is 4. The molecule has 4 rings (SSSR count). The van der Waals surface area contributed by atoms with Gasteiger partial charge in [-0.25, -0.2) is 4.98 Å². The number of benzene rings is 1. The van der Waals surface area contributed by atoms with E-state index in [-0.39, 0.29) is 11.5 Å². The summed E-state index contributed by atoms with van der Waals surface area (Å²) < 4.78 is 6.10. The molecule has 0 spiro atoms. The molecule has 0 aliphatic carbocycles. The van der Waals surface area contributed by atoms with Gasteiger partial charge < -0.3 is 9.64 Å². The molecule has 1 aromatic heterocycles. The molecule has 1 N–H and O–H groups in total. The van der Waals surface area contributed by atoms with E-state index in [0.717, 1.165) is 40.9 Å². The smallest absolute Gasteiger partial charge is 0.293 e. The lowest BCUT2D eigenvalue weighted by molar-refractivity contribution is -0.379. The quantitative estimate of drug-likeness (QED) is 0.705. The lowest BCUT2D eigenvalue weighted by Crippen LogP contribution is -2.51. The molecule has 1 aromatic carbocycles. The fourth-order valence-corrected chi connectivity index (χ4v) is 4.87. The molecule has 1 fully saturated rings. The number of carbonyl (C=O) groups excluding carboxylic acids is 1. The van der Waals surface area contributed by atoms with Crippen LogP contribution >= 0.6 is 0 Å². The molecule has 1 saturated heterocycles. The highest BCUT2D eigenvalue weighted by atomic mass is 16.5. The van der Waals surface area contributed by atoms with E-state index in [1.807, 2.05) is 35.2 Å². The number of H-pyrrole nitrogens is 1. The summed E-state index contributed by atoms with van der Waals surface area (Å²) in [6, 6.07) is 12.4. The Morgan fingerprint density at radius 2 is 1.85 bits per heavy atom. The van der Waals surface area contributed by atoms with E-state index in [2.05, 4.69) is 43.6 Å². The number of pyridine rings is 1. The highest BCUT2D eigenvalue weighted by molar-refractivity contribution is 5.79. The Bertz CT molecular complexity index is 1050. The Kier molecular flexibility index (Phi) is 6.71. The molecule has 0 radical (unpaired) electrons. The van der Waals surface area contributed by atoms with Crippen LogP contribution in [0, 0.1) is 17.2 Å². The maximum atomic E-state index is 12.8. The number of hydrogen-bond donors (Lipinski definition) is 0. The summed E-state index contributed by atoms with van der Waals surface area (Å²) in [5.41, 5.74) is 4.95. The van der Waals surface area contributed by atoms with Crippen molar-refractivity contribution in [2.75, 3.05) is 31.1 Å². The Hall–Kier alpha value is -2.91. The molecule has 174 valence electrons. The van der Waals surface area contributed by atoms with Gasteiger partial charge in [0, 0.05) is 18.4 Å². The zero-order chi connectivity index (χ0) is 23.6. The first-order valence-electron chi connectivity index (χ1n) is 12.0. The number of aromatic amines is 1. The Balaban J connectivity index is 1.56. The Labute approximate surface area is 197 Å². The predicted molar refractivity (Wildman–Crippen MR) is 128 cm³/mol. The normalized spacial score (nSPS) is 17.6. The van der Waals surface area contributed by atoms with Crippen molar-refractivity contribution in [1.82, 2.24) is 4.90 Å². The summed E-state index contributed by atoms with van der Waals surface area (Å²) in [6.07, 6.45) is 2.08. The van der Waals surface area contributed by atoms with E-state index in [1.54, 1.807) is 0 Å². The average Bonchev–Trinajstić information content (AvgIpc) is 2.78. The van der Waals surface area contributed by atoms with E-state index in [4.69, 9.17) is 4.74 Å². The SMILES string of the molecule is CC(C)Cc1[nH+]c(N2CCN(C(=O)Cc3ccccc3)CC2)c(C#N)c2c1COC(C)(C)C2. The summed E-state index contributed by atoms with van der Waals surface area (Å²) in [5.74, 6) is 1.56. The van der Waals surface area contributed by atoms with Gasteiger partial charge in [0.2, 0.25) is 5.91 Å². The van der Waals surface area contributed by atoms with Gasteiger partial charge in [0.1, 0.15) is 30.4 Å². The summed E-state index contributed by atoms with van der Waals surface area (Å²) in [5, 5.41) is 10.2. The van der Waals surface area contributed by atoms with Gasteiger partial charge in [-0.2, -0.15) is 5.26 Å². The van der Waals surface area contributed by atoms with Crippen LogP contribution in [0.2, 0.25) is 0 Å². The molecule has 2 aliphatic rings. The van der Waals surface area contributed by atoms with Gasteiger partial charge in [0.05, 0.1) is 31.7 Å². The van der Waals surface area contributed by atoms with Crippen LogP contribution in [-0.4, -0.2) is 42.6 Å². The van der Waals surface area contributed by atoms with Gasteiger partial charge >= 0.3 is 0 Å². The van der Waals surface area contributed by atoms with Gasteiger partial charge in [-0.3, -0.25) is 9.69 Å². The van der Waals surface area contributed by atoms with Crippen molar-refractivity contribution in [1.29, 1.82) is 5.26 Å². The molecule has 0 bridgehead atoms. The van der Waals surface area contributed by atoms with Crippen LogP contribution in [0.25, 0.3) is 0 Å². The van der Waals surface area contributed by atoms with Crippen molar-refractivity contribution in [2.24, 2.45) is 5.92 Å². The topological polar surface area (TPSA) is 70.7 Å². The molecule has 2 aliphatic heterocycles. The highest BCUT2D eigenvalue weighted by Crippen LogP contribution is 2.34. The molecule has 2 aromatic rings. The number of ether oxygens (including phenoxy) is 1. The summed E-state index contributed by atoms with van der Waals surface area (Å²) >= 11 is 0. The zero-order valence-corrected chi connectivity index (χ0v) is 20.3. The van der Waals surface area contributed by atoms with Crippen LogP contribution in [-0.2, 0) is 35.4 Å². The number of nitriles is 1. The summed E-state index contributed by atoms with van der Waals surface area (Å²) in [6.45, 7) is 11.9. The zero-order valence-electron chi connectivity index (χ0n) is 20.3. The minimum Gasteiger partial charge on any atom is -0.370 e. The van der Waals surface area contributed by atoms with Crippen LogP contribution in [0.4, 0.5) is 5.82 Å². The third kappa shape index (κ3) is 5.20. The van der Waals surface area contributed by atoms with Crippen molar-refractivity contribution >= 4 is 11.7 Å². The second-order valence-corrected chi connectivity index (χ2v) is 10.2. The number of aromatic nitrogens is 1. The minimum absolute atomic E-state index is 0.162. The lowest BCUT2D eigenvalue weighted by atomic mass is 9.86. The Morgan fingerprint density at radius 1 is 1.15 bits per heavy atom. The van der Waals surface area contributed by atoms with Crippen LogP contribution in [0.1, 0.15) is 55.6 Å². The molecule has 6 nitrogen and oxygen atoms in total. The van der Waals surface area contributed by atoms with Gasteiger partial charge in [0.15, 0.2) is 0 Å². The molecular weight excluding hydrogens is 412 g/mol. The van der Waals surface area contributed by atoms with Crippen LogP contribution in [0.3, 0.4) is 0 Å². The van der Waals surface area contributed by atoms with Crippen molar-refractivity contribution < 1.29 is 14.5 Å². The first-order chi connectivity index (χ1) is 15.8. The second-order valence-electron chi connectivity index (χ2n) is 10.2. The highest BCUT2D eigenvalue weighted by Gasteiger charge is 2.36. The van der Waals surface area contributed by atoms with Gasteiger partial charge in [-0.15, -0.1) is 0 Å². The predicted octanol–water partition coefficient (Wildman–Crippen LogP) is 3.31. The van der Waals surface area contributed by atoms with Crippen molar-refractivity contribution in [3.8, 4) is 6.07 Å². The van der Waals surface area contributed by atoms with Crippen molar-refractivity contribution in [3.05, 3.63) is 58.3 Å². The molecule has 33 heavy (non-hydrogen) atoms. The largest absolute Gasteiger partial charge is 0.370 e. The van der Waals surface area contributed by atoms with Crippen LogP contribution in [0.15, 0.2) is 30.3 Å². The molecule has 3 heterocycles. The van der Waals surface area contributed by atoms with Crippen molar-refractivity contribution in [2.45, 2.75) is 59.2 Å². The number of piperazine rings is 1. The molecule has 6 heteroatoms. The van der Waals surface area contributed by atoms with E-state index in [0.29, 0.717) is 45.1 Å². The molecular formula is C27H35N4O2+. The molecule has 0 saturated carbocycles. The number of fused-ring (bicyclic) bond motifs is 1. The number of nitrogens with one attached hydrogen (secondary N) is 1. The summed E-state index contributed by atoms with van der Waals surface area (Å²) in [4.78, 5) is 20.6. The van der Waals surface area contributed by atoms with Gasteiger partial charge in [-0.05, 0) is 30.9 Å². The molecule has 1 amide bonds. The third-order valence-corrected chi connectivity index (χ3v) is 6.62. The number of anilines is 1. The number of carbonyl (C=O) groups is 1. The summed E-state index contributed by atoms with van der Waals surface area (Å²) in [7, 11) is 0. The first kappa shape index (κ1) is 23.3. The lowest BCUT2D eigenvalue weighted by Gasteiger charge is -2.35. The van der Waals surface area contributed by atoms with Gasteiger partial charge in [-0.1, -0.05) is 44.2 Å². The van der Waals surface area contributed by atoms with Crippen LogP contribution in [0.5, 0.6) is 0 Å². The van der Waals surface area contributed by atoms with E-state index in [1.165, 1.54) is 5.69 Å². The van der Waals surface area contributed by atoms with Crippen LogP contribution < -0.4 is 9.88 Å². The average molecular weight is 448 g/mol. The number of amides is 1. The van der Waals surface area contributed by atoms with Crippen molar-refractivity contribution in [3.63, 3.8) is 0 Å². The standard InChI is InChI=1S/C27H34N4O2/c1-19(2)14-24-23-18-33-27(3,4)16-21(23)22(17-28)26(29-24)31-12-10-30(11-13-31)25(32)15-20-8-6-5-7-9-20/h5-9,19H,10-16,18H2,1-4H3/p+1. The third-order valence-electron chi connectivity index (χ3n) is 6.62. The second kappa shape index (κ2) is 9.52. The van der Waals surface area contributed by atoms with E-state index in [9.17, 15) is 10.1 Å². The maximum Gasteiger partial charge on any atom is 0.293 e. The van der Waals surface area contributed by atoms with E-state index >= 15 is 0 Å². The molecule has 0 atom stereocenters. The fraction of sp³-hybridized carbons (Fsp3) is 0.519. The maximum absolute atomic E-state index is 12.8. The first-order valence-corrected chi connectivity index (χ1v) is 12.0. The number of nitrogens with zero attached hydrogens (tertiary/aromatic N) is 3. The Morgan fingerprint density at radius 3 is 2.48 bits per heavy atom. The molecule has 0 unspecified atom stereocenters. The fourth-order valence-electron chi connectivity index (χ4n) is 4.87.